The minimum atomic E-state index is -0.333. The van der Waals surface area contributed by atoms with Crippen LogP contribution in [-0.2, 0) is 0 Å². The van der Waals surface area contributed by atoms with Crippen LogP contribution >= 0.6 is 0 Å². The van der Waals surface area contributed by atoms with E-state index in [9.17, 15) is 4.79 Å². The van der Waals surface area contributed by atoms with Crippen molar-refractivity contribution in [1.82, 2.24) is 19.9 Å². The number of nitrogens with zero attached hydrogens (tertiary/aromatic N) is 2. The third-order valence-corrected chi connectivity index (χ3v) is 1.31. The Labute approximate surface area is 83.2 Å². The van der Waals surface area contributed by atoms with Gasteiger partial charge in [-0.15, -0.1) is 0 Å². The monoisotopic (exact) mass is 210 g/mol. The maximum Gasteiger partial charge on any atom is 0.278 e. The van der Waals surface area contributed by atoms with E-state index in [4.69, 9.17) is 11.1 Å². The highest BCUT2D eigenvalue weighted by Crippen LogP contribution is 1.98. The highest BCUT2D eigenvalue weighted by molar-refractivity contribution is 5.71. The summed E-state index contributed by atoms with van der Waals surface area (Å²) >= 11 is 0. The van der Waals surface area contributed by atoms with E-state index in [0.29, 0.717) is 11.2 Å². The number of anilines is 1. The van der Waals surface area contributed by atoms with Gasteiger partial charge in [-0.2, -0.15) is 4.98 Å². The van der Waals surface area contributed by atoms with Crippen molar-refractivity contribution in [2.45, 2.75) is 0 Å². The second-order valence-corrected chi connectivity index (χ2v) is 2.51. The molecule has 2 rings (SSSR count). The number of guanidine groups is 1. The molecule has 0 aliphatic carbocycles. The molecule has 0 bridgehead atoms. The van der Waals surface area contributed by atoms with E-state index < -0.39 is 0 Å². The van der Waals surface area contributed by atoms with E-state index >= 15 is 0 Å². The van der Waals surface area contributed by atoms with Gasteiger partial charge in [0.2, 0.25) is 5.95 Å². The van der Waals surface area contributed by atoms with Gasteiger partial charge in [0, 0.05) is 0 Å². The number of imidazole rings is 1. The van der Waals surface area contributed by atoms with Gasteiger partial charge in [-0.25, -0.2) is 4.98 Å². The van der Waals surface area contributed by atoms with E-state index in [2.05, 4.69) is 31.4 Å². The zero-order chi connectivity index (χ0) is 11.4. The first-order valence-corrected chi connectivity index (χ1v) is 3.79. The molecule has 2 aromatic rings. The number of hydrogen-bond acceptors (Lipinski definition) is 5. The summed E-state index contributed by atoms with van der Waals surface area (Å²) in [6, 6.07) is 0. The van der Waals surface area contributed by atoms with Crippen LogP contribution in [0, 0.1) is 5.41 Å². The Morgan fingerprint density at radius 2 is 2.07 bits per heavy atom. The Morgan fingerprint density at radius 1 is 1.47 bits per heavy atom. The molecule has 0 fully saturated rings. The Bertz CT molecular complexity index is 521. The summed E-state index contributed by atoms with van der Waals surface area (Å²) in [5.41, 5.74) is 14.6. The molecule has 0 amide bonds. The van der Waals surface area contributed by atoms with Crippen molar-refractivity contribution < 1.29 is 0 Å². The topological polar surface area (TPSA) is 176 Å². The van der Waals surface area contributed by atoms with Gasteiger partial charge >= 0.3 is 0 Å². The van der Waals surface area contributed by atoms with Gasteiger partial charge in [-0.1, -0.05) is 0 Å². The van der Waals surface area contributed by atoms with E-state index in [1.165, 1.54) is 6.33 Å². The van der Waals surface area contributed by atoms with Crippen LogP contribution in [0.3, 0.4) is 0 Å². The molecule has 15 heavy (non-hydrogen) atoms. The summed E-state index contributed by atoms with van der Waals surface area (Å²) in [4.78, 5) is 23.5. The van der Waals surface area contributed by atoms with Crippen LogP contribution in [0.25, 0.3) is 11.2 Å². The number of hydrogen-bond donors (Lipinski definition) is 6. The number of aromatic amines is 2. The quantitative estimate of drug-likeness (QED) is 0.218. The van der Waals surface area contributed by atoms with Gasteiger partial charge in [0.15, 0.2) is 17.1 Å². The lowest BCUT2D eigenvalue weighted by Crippen LogP contribution is -2.20. The van der Waals surface area contributed by atoms with Crippen molar-refractivity contribution >= 4 is 23.1 Å². The summed E-state index contributed by atoms with van der Waals surface area (Å²) in [6.45, 7) is 0. The van der Waals surface area contributed by atoms with Crippen molar-refractivity contribution in [3.63, 3.8) is 0 Å². The second kappa shape index (κ2) is 4.09. The van der Waals surface area contributed by atoms with E-state index in [1.54, 1.807) is 0 Å². The fourth-order valence-electron chi connectivity index (χ4n) is 0.860. The van der Waals surface area contributed by atoms with Crippen LogP contribution in [0.15, 0.2) is 11.1 Å². The molecule has 0 saturated carbocycles. The van der Waals surface area contributed by atoms with Crippen LogP contribution in [-0.4, -0.2) is 25.9 Å². The molecule has 0 unspecified atom stereocenters. The first kappa shape index (κ1) is 10.5. The number of H-pyrrole nitrogens is 2. The molecular weight excluding hydrogens is 200 g/mol. The van der Waals surface area contributed by atoms with Gasteiger partial charge in [0.05, 0.1) is 6.33 Å². The average Bonchev–Trinajstić information content (AvgIpc) is 2.50. The maximum atomic E-state index is 11.0. The number of aromatic nitrogens is 4. The Kier molecular flexibility index (Phi) is 2.86. The predicted octanol–water partition coefficient (Wildman–Crippen LogP) is -1.93. The van der Waals surface area contributed by atoms with Crippen LogP contribution in [0.5, 0.6) is 0 Å². The number of nitrogens with one attached hydrogen (secondary N) is 3. The van der Waals surface area contributed by atoms with Crippen molar-refractivity contribution in [3.8, 4) is 0 Å². The molecule has 2 heterocycles. The van der Waals surface area contributed by atoms with Gasteiger partial charge in [0.25, 0.3) is 5.56 Å². The zero-order valence-corrected chi connectivity index (χ0v) is 7.61. The normalized spacial score (nSPS) is 9.33. The maximum absolute atomic E-state index is 11.0. The standard InChI is InChI=1S/C5H5N5O.CH5N3/c6-5-9-3-2(4(11)10-5)7-1-8-3;2-1(3)4/h1H,(H4,6,7,8,9,10,11);(H5,2,3,4). The highest BCUT2D eigenvalue weighted by Gasteiger charge is 2.01. The molecule has 9 nitrogen and oxygen atoms in total. The van der Waals surface area contributed by atoms with Crippen molar-refractivity contribution in [3.05, 3.63) is 16.7 Å². The second-order valence-electron chi connectivity index (χ2n) is 2.51. The Hall–Kier alpha value is -2.58. The molecule has 9 heteroatoms. The van der Waals surface area contributed by atoms with E-state index in [0.717, 1.165) is 0 Å². The lowest BCUT2D eigenvalue weighted by molar-refractivity contribution is 1.17. The predicted molar refractivity (Wildman–Crippen MR) is 55.0 cm³/mol. The Morgan fingerprint density at radius 3 is 2.67 bits per heavy atom. The van der Waals surface area contributed by atoms with Gasteiger partial charge in [0.1, 0.15) is 0 Å². The third-order valence-electron chi connectivity index (χ3n) is 1.31. The van der Waals surface area contributed by atoms with Gasteiger partial charge in [-0.3, -0.25) is 15.2 Å². The van der Waals surface area contributed by atoms with Crippen LogP contribution in [0.4, 0.5) is 5.95 Å². The molecule has 0 spiro atoms. The number of nitrogen functional groups attached to an aromatic ring is 1. The SMILES string of the molecule is N=C(N)N.Nc1nc2nc[nH]c2c(=O)[nH]1. The summed E-state index contributed by atoms with van der Waals surface area (Å²) in [6.07, 6.45) is 1.40. The molecule has 0 radical (unpaired) electrons. The molecule has 0 atom stereocenters. The molecule has 0 saturated heterocycles. The van der Waals surface area contributed by atoms with Crippen LogP contribution in [0.2, 0.25) is 0 Å². The molecule has 0 aliphatic rings. The molecule has 80 valence electrons. The first-order valence-electron chi connectivity index (χ1n) is 3.79. The fraction of sp³-hybridized carbons (Fsp3) is 0. The highest BCUT2D eigenvalue weighted by atomic mass is 16.1. The van der Waals surface area contributed by atoms with Gasteiger partial charge < -0.3 is 22.2 Å². The minimum absolute atomic E-state index is 0.0783. The molecule has 0 aromatic carbocycles. The third kappa shape index (κ3) is 2.69. The largest absolute Gasteiger partial charge is 0.370 e. The smallest absolute Gasteiger partial charge is 0.278 e. The van der Waals surface area contributed by atoms with Crippen molar-refractivity contribution in [1.29, 1.82) is 5.41 Å². The Balaban J connectivity index is 0.000000245. The molecule has 2 aromatic heterocycles. The average molecular weight is 210 g/mol. The van der Waals surface area contributed by atoms with E-state index in [-0.39, 0.29) is 17.5 Å². The lowest BCUT2D eigenvalue weighted by Gasteiger charge is -1.89. The number of nitrogens with two attached hydrogens (primary N) is 3. The first-order chi connectivity index (χ1) is 7.00. The molecule has 9 N–H and O–H groups in total. The van der Waals surface area contributed by atoms with Crippen molar-refractivity contribution in [2.24, 2.45) is 11.5 Å². The zero-order valence-electron chi connectivity index (χ0n) is 7.61. The molecular formula is C6H10N8O. The minimum Gasteiger partial charge on any atom is -0.370 e. The van der Waals surface area contributed by atoms with Crippen molar-refractivity contribution in [2.75, 3.05) is 5.73 Å². The summed E-state index contributed by atoms with van der Waals surface area (Å²) in [5, 5.41) is 6.06. The van der Waals surface area contributed by atoms with Gasteiger partial charge in [-0.05, 0) is 0 Å². The van der Waals surface area contributed by atoms with Crippen LogP contribution in [0.1, 0.15) is 0 Å². The van der Waals surface area contributed by atoms with Crippen LogP contribution < -0.4 is 22.8 Å². The number of fused-ring (bicyclic) bond motifs is 1. The van der Waals surface area contributed by atoms with E-state index in [1.807, 2.05) is 0 Å². The fourth-order valence-corrected chi connectivity index (χ4v) is 0.860. The summed E-state index contributed by atoms with van der Waals surface area (Å²) < 4.78 is 0. The summed E-state index contributed by atoms with van der Waals surface area (Å²) in [5.74, 6) is -0.255. The lowest BCUT2D eigenvalue weighted by atomic mass is 10.5. The number of rotatable bonds is 0. The molecule has 0 aliphatic heterocycles. The summed E-state index contributed by atoms with van der Waals surface area (Å²) in [7, 11) is 0.